The van der Waals surface area contributed by atoms with E-state index in [-0.39, 0.29) is 11.6 Å². The number of hydrogen-bond donors (Lipinski definition) is 4. The van der Waals surface area contributed by atoms with E-state index in [0.29, 0.717) is 5.92 Å². The molecule has 0 aliphatic heterocycles. The van der Waals surface area contributed by atoms with E-state index in [1.807, 2.05) is 0 Å². The smallest absolute Gasteiger partial charge is 0.0636 e. The van der Waals surface area contributed by atoms with Gasteiger partial charge in [0.25, 0.3) is 0 Å². The minimum Gasteiger partial charge on any atom is -0.326 e. The summed E-state index contributed by atoms with van der Waals surface area (Å²) in [6.07, 6.45) is 8.42. The number of nitrogens with two attached hydrogens (primary N) is 4. The lowest BCUT2D eigenvalue weighted by molar-refractivity contribution is 0.106. The maximum Gasteiger partial charge on any atom is 0.0636 e. The third-order valence-electron chi connectivity index (χ3n) is 4.74. The third kappa shape index (κ3) is 2.25. The van der Waals surface area contributed by atoms with Crippen molar-refractivity contribution in [1.82, 2.24) is 0 Å². The van der Waals surface area contributed by atoms with Crippen LogP contribution in [0.5, 0.6) is 0 Å². The van der Waals surface area contributed by atoms with Gasteiger partial charge in [0.05, 0.1) is 5.66 Å². The molecule has 2 aliphatic carbocycles. The van der Waals surface area contributed by atoms with Gasteiger partial charge in [-0.15, -0.1) is 0 Å². The molecule has 8 N–H and O–H groups in total. The van der Waals surface area contributed by atoms with Crippen LogP contribution in [0, 0.1) is 5.92 Å². The summed E-state index contributed by atoms with van der Waals surface area (Å²) in [5.41, 5.74) is 24.1. The summed E-state index contributed by atoms with van der Waals surface area (Å²) in [5, 5.41) is 0. The van der Waals surface area contributed by atoms with Crippen molar-refractivity contribution in [3.63, 3.8) is 0 Å². The first-order valence-electron chi connectivity index (χ1n) is 6.56. The number of rotatable bonds is 1. The normalized spacial score (nSPS) is 40.9. The summed E-state index contributed by atoms with van der Waals surface area (Å²) < 4.78 is 0. The zero-order chi connectivity index (χ0) is 11.8. The van der Waals surface area contributed by atoms with Crippen LogP contribution in [-0.4, -0.2) is 17.2 Å². The Hall–Kier alpha value is -0.160. The zero-order valence-electron chi connectivity index (χ0n) is 10.1. The van der Waals surface area contributed by atoms with Crippen molar-refractivity contribution in [3.05, 3.63) is 0 Å². The molecular weight excluding hydrogens is 200 g/mol. The minimum atomic E-state index is -0.467. The Bertz CT molecular complexity index is 243. The van der Waals surface area contributed by atoms with Gasteiger partial charge in [-0.25, -0.2) is 0 Å². The monoisotopic (exact) mass is 226 g/mol. The molecule has 2 unspecified atom stereocenters. The minimum absolute atomic E-state index is 0.158. The Labute approximate surface area is 98.1 Å². The van der Waals surface area contributed by atoms with E-state index >= 15 is 0 Å². The molecule has 2 saturated carbocycles. The molecule has 94 valence electrons. The highest BCUT2D eigenvalue weighted by atomic mass is 15.0. The van der Waals surface area contributed by atoms with E-state index in [1.54, 1.807) is 0 Å². The van der Waals surface area contributed by atoms with E-state index in [4.69, 9.17) is 22.9 Å². The Balaban J connectivity index is 2.01. The highest BCUT2D eigenvalue weighted by molar-refractivity contribution is 5.04. The molecule has 2 atom stereocenters. The zero-order valence-corrected chi connectivity index (χ0v) is 10.1. The van der Waals surface area contributed by atoms with Gasteiger partial charge < -0.3 is 22.9 Å². The van der Waals surface area contributed by atoms with Crippen LogP contribution >= 0.6 is 0 Å². The second-order valence-corrected chi connectivity index (χ2v) is 5.97. The van der Waals surface area contributed by atoms with Crippen molar-refractivity contribution in [3.8, 4) is 0 Å². The van der Waals surface area contributed by atoms with Crippen molar-refractivity contribution in [2.75, 3.05) is 0 Å². The van der Waals surface area contributed by atoms with Gasteiger partial charge in [-0.3, -0.25) is 0 Å². The topological polar surface area (TPSA) is 104 Å². The van der Waals surface area contributed by atoms with E-state index in [0.717, 1.165) is 38.5 Å². The molecule has 2 aliphatic rings. The molecule has 2 fully saturated rings. The van der Waals surface area contributed by atoms with Gasteiger partial charge in [-0.1, -0.05) is 12.8 Å². The van der Waals surface area contributed by atoms with Gasteiger partial charge in [0, 0.05) is 11.6 Å². The van der Waals surface area contributed by atoms with Gasteiger partial charge in [0.2, 0.25) is 0 Å². The summed E-state index contributed by atoms with van der Waals surface area (Å²) in [5.74, 6) is 0.517. The van der Waals surface area contributed by atoms with Crippen molar-refractivity contribution < 1.29 is 0 Å². The summed E-state index contributed by atoms with van der Waals surface area (Å²) in [6.45, 7) is 0. The first-order valence-corrected chi connectivity index (χ1v) is 6.56. The third-order valence-corrected chi connectivity index (χ3v) is 4.74. The molecule has 16 heavy (non-hydrogen) atoms. The quantitative estimate of drug-likeness (QED) is 0.485. The van der Waals surface area contributed by atoms with Gasteiger partial charge in [0.1, 0.15) is 0 Å². The molecule has 2 rings (SSSR count). The summed E-state index contributed by atoms with van der Waals surface area (Å²) >= 11 is 0. The average molecular weight is 226 g/mol. The van der Waals surface area contributed by atoms with Gasteiger partial charge in [0.15, 0.2) is 0 Å². The van der Waals surface area contributed by atoms with Crippen LogP contribution in [0.1, 0.15) is 51.4 Å². The van der Waals surface area contributed by atoms with Crippen LogP contribution in [0.2, 0.25) is 0 Å². The molecule has 0 bridgehead atoms. The van der Waals surface area contributed by atoms with E-state index in [9.17, 15) is 0 Å². The highest BCUT2D eigenvalue weighted by Gasteiger charge is 2.44. The Morgan fingerprint density at radius 2 is 1.44 bits per heavy atom. The molecule has 0 aromatic carbocycles. The lowest BCUT2D eigenvalue weighted by Crippen LogP contribution is -2.64. The molecule has 4 nitrogen and oxygen atoms in total. The van der Waals surface area contributed by atoms with Crippen LogP contribution in [0.4, 0.5) is 0 Å². The fraction of sp³-hybridized carbons (Fsp3) is 1.00. The average Bonchev–Trinajstić information content (AvgIpc) is 2.22. The molecule has 0 saturated heterocycles. The van der Waals surface area contributed by atoms with Crippen molar-refractivity contribution in [2.24, 2.45) is 28.9 Å². The van der Waals surface area contributed by atoms with E-state index < -0.39 is 5.66 Å². The van der Waals surface area contributed by atoms with Crippen LogP contribution < -0.4 is 22.9 Å². The SMILES string of the molecule is NC1CCCCC1(N)C1CCC(N)(N)CC1. The molecule has 0 aromatic rings. The van der Waals surface area contributed by atoms with Crippen molar-refractivity contribution in [2.45, 2.75) is 68.6 Å². The second-order valence-electron chi connectivity index (χ2n) is 5.97. The van der Waals surface area contributed by atoms with E-state index in [1.165, 1.54) is 12.8 Å². The molecule has 4 heteroatoms. The molecule has 0 spiro atoms. The first kappa shape index (κ1) is 12.3. The van der Waals surface area contributed by atoms with E-state index in [2.05, 4.69) is 0 Å². The fourth-order valence-corrected chi connectivity index (χ4v) is 3.45. The van der Waals surface area contributed by atoms with Crippen LogP contribution in [0.15, 0.2) is 0 Å². The predicted molar refractivity (Wildman–Crippen MR) is 66.4 cm³/mol. The van der Waals surface area contributed by atoms with Crippen LogP contribution in [0.3, 0.4) is 0 Å². The summed E-state index contributed by atoms with van der Waals surface area (Å²) in [4.78, 5) is 0. The Morgan fingerprint density at radius 3 is 2.00 bits per heavy atom. The molecule has 0 heterocycles. The van der Waals surface area contributed by atoms with Gasteiger partial charge in [-0.05, 0) is 44.4 Å². The number of hydrogen-bond acceptors (Lipinski definition) is 4. The Morgan fingerprint density at radius 1 is 0.812 bits per heavy atom. The first-order chi connectivity index (χ1) is 7.44. The Kier molecular flexibility index (Phi) is 3.27. The maximum atomic E-state index is 6.56. The van der Waals surface area contributed by atoms with Crippen molar-refractivity contribution >= 4 is 0 Å². The predicted octanol–water partition coefficient (Wildman–Crippen LogP) is 0.389. The second kappa shape index (κ2) is 4.26. The van der Waals surface area contributed by atoms with Gasteiger partial charge in [-0.2, -0.15) is 0 Å². The molecule has 0 aromatic heterocycles. The van der Waals surface area contributed by atoms with Crippen molar-refractivity contribution in [1.29, 1.82) is 0 Å². The largest absolute Gasteiger partial charge is 0.326 e. The standard InChI is InChI=1S/C12H26N4/c13-10-3-1-2-6-12(10,16)9-4-7-11(14,15)8-5-9/h9-10H,1-8,13-16H2. The summed E-state index contributed by atoms with van der Waals surface area (Å²) in [6, 6.07) is 0.161. The lowest BCUT2D eigenvalue weighted by Gasteiger charge is -2.48. The fourth-order valence-electron chi connectivity index (χ4n) is 3.45. The maximum absolute atomic E-state index is 6.56. The lowest BCUT2D eigenvalue weighted by atomic mass is 9.64. The summed E-state index contributed by atoms with van der Waals surface area (Å²) in [7, 11) is 0. The molecule has 0 amide bonds. The van der Waals surface area contributed by atoms with Gasteiger partial charge >= 0.3 is 0 Å². The van der Waals surface area contributed by atoms with Crippen LogP contribution in [-0.2, 0) is 0 Å². The van der Waals surface area contributed by atoms with Crippen LogP contribution in [0.25, 0.3) is 0 Å². The molecule has 0 radical (unpaired) electrons. The molecular formula is C12H26N4. The highest BCUT2D eigenvalue weighted by Crippen LogP contribution is 2.40.